The molecule has 0 spiro atoms. The van der Waals surface area contributed by atoms with Crippen molar-refractivity contribution in [3.8, 4) is 112 Å². The highest BCUT2D eigenvalue weighted by Gasteiger charge is 2.31. The maximum Gasteiger partial charge on any atom is 0.573 e. The third-order valence-electron chi connectivity index (χ3n) is 22.3. The summed E-state index contributed by atoms with van der Waals surface area (Å²) in [5.74, 6) is 0.599. The molecule has 0 atom stereocenters. The molecule has 0 N–H and O–H groups in total. The fourth-order valence-corrected chi connectivity index (χ4v) is 16.3. The van der Waals surface area contributed by atoms with Gasteiger partial charge in [-0.15, -0.1) is 13.2 Å². The van der Waals surface area contributed by atoms with Crippen LogP contribution >= 0.6 is 0 Å². The first-order valence-electron chi connectivity index (χ1n) is 39.8. The van der Waals surface area contributed by atoms with Crippen LogP contribution in [0.15, 0.2) is 449 Å². The van der Waals surface area contributed by atoms with Gasteiger partial charge in [0.1, 0.15) is 11.5 Å². The van der Waals surface area contributed by atoms with Crippen LogP contribution in [0.5, 0.6) is 11.5 Å². The summed E-state index contributed by atoms with van der Waals surface area (Å²) in [6, 6.07) is 156. The van der Waals surface area contributed by atoms with E-state index in [2.05, 4.69) is 394 Å². The van der Waals surface area contributed by atoms with E-state index in [1.54, 1.807) is 19.2 Å². The van der Waals surface area contributed by atoms with Crippen LogP contribution in [-0.4, -0.2) is 22.6 Å². The number of hydrogen-bond donors (Lipinski definition) is 0. The van der Waals surface area contributed by atoms with Crippen LogP contribution in [0.1, 0.15) is 0 Å². The number of ether oxygens (including phenoxy) is 2. The molecule has 0 fully saturated rings. The molecule has 0 unspecified atom stereocenters. The zero-order valence-corrected chi connectivity index (χ0v) is 65.0. The minimum absolute atomic E-state index is 0.253. The topological polar surface area (TPSA) is 34.8 Å². The number of halogens is 3. The Balaban J connectivity index is 0.000000158. The third-order valence-corrected chi connectivity index (χ3v) is 22.3. The number of benzene rings is 18. The summed E-state index contributed by atoms with van der Waals surface area (Å²) >= 11 is 0. The van der Waals surface area contributed by atoms with Gasteiger partial charge in [-0.05, 0) is 235 Å². The number of alkyl halides is 3. The monoisotopic (exact) mass is 1540 g/mol. The van der Waals surface area contributed by atoms with Crippen molar-refractivity contribution in [3.63, 3.8) is 0 Å². The molecule has 6 nitrogen and oxygen atoms in total. The number of aromatic nitrogens is 2. The van der Waals surface area contributed by atoms with E-state index >= 15 is 0 Å². The highest BCUT2D eigenvalue weighted by molar-refractivity contribution is 6.10. The van der Waals surface area contributed by atoms with Crippen molar-refractivity contribution < 1.29 is 22.6 Å². The Morgan fingerprint density at radius 1 is 0.193 bits per heavy atom. The third kappa shape index (κ3) is 15.4. The van der Waals surface area contributed by atoms with Gasteiger partial charge in [-0.25, -0.2) is 0 Å². The summed E-state index contributed by atoms with van der Waals surface area (Å²) in [7, 11) is 1.70. The molecular formula is C110H77F3N4O2. The maximum atomic E-state index is 12.8. The van der Waals surface area contributed by atoms with Gasteiger partial charge in [-0.2, -0.15) is 0 Å². The van der Waals surface area contributed by atoms with Gasteiger partial charge in [0.15, 0.2) is 0 Å². The van der Waals surface area contributed by atoms with Gasteiger partial charge in [0.05, 0.1) is 29.2 Å². The van der Waals surface area contributed by atoms with Gasteiger partial charge in [0.2, 0.25) is 0 Å². The zero-order valence-electron chi connectivity index (χ0n) is 65.0. The number of nitrogens with zero attached hydrogens (tertiary/aromatic N) is 4. The molecule has 9 heteroatoms. The summed E-state index contributed by atoms with van der Waals surface area (Å²) in [6.07, 6.45) is -4.74. The lowest BCUT2D eigenvalue weighted by atomic mass is 10.00. The average molecular weight is 1540 g/mol. The number of anilines is 6. The highest BCUT2D eigenvalue weighted by Crippen LogP contribution is 2.43. The molecule has 18 aromatic carbocycles. The largest absolute Gasteiger partial charge is 0.573 e. The first kappa shape index (κ1) is 73.7. The van der Waals surface area contributed by atoms with Crippen LogP contribution in [0.2, 0.25) is 0 Å². The molecule has 0 bridgehead atoms. The van der Waals surface area contributed by atoms with Gasteiger partial charge in [-0.3, -0.25) is 0 Å². The lowest BCUT2D eigenvalue weighted by Gasteiger charge is -2.26. The molecule has 0 saturated heterocycles. The molecule has 0 aliphatic heterocycles. The van der Waals surface area contributed by atoms with Crippen molar-refractivity contribution in [2.24, 2.45) is 0 Å². The van der Waals surface area contributed by atoms with Gasteiger partial charge >= 0.3 is 6.36 Å². The second-order valence-corrected chi connectivity index (χ2v) is 29.5. The average Bonchev–Trinajstić information content (AvgIpc) is 1.47. The second-order valence-electron chi connectivity index (χ2n) is 29.5. The van der Waals surface area contributed by atoms with E-state index in [1.165, 1.54) is 100 Å². The summed E-state index contributed by atoms with van der Waals surface area (Å²) in [5.41, 5.74) is 31.1. The quantitative estimate of drug-likeness (QED) is 0.0858. The van der Waals surface area contributed by atoms with E-state index in [0.717, 1.165) is 95.8 Å². The molecular weight excluding hydrogens is 1470 g/mol. The lowest BCUT2D eigenvalue weighted by Crippen LogP contribution is -2.16. The van der Waals surface area contributed by atoms with Crippen molar-refractivity contribution in [1.82, 2.24) is 9.13 Å². The molecule has 20 rings (SSSR count). The maximum absolute atomic E-state index is 12.8. The normalized spacial score (nSPS) is 11.4. The fraction of sp³-hybridized carbons (Fsp3) is 0.0182. The summed E-state index contributed by atoms with van der Waals surface area (Å²) in [6.45, 7) is 0. The number of methoxy groups -OCH3 is 1. The summed E-state index contributed by atoms with van der Waals surface area (Å²) in [5, 5.41) is 5.00. The number of fused-ring (bicyclic) bond motifs is 6. The van der Waals surface area contributed by atoms with Gasteiger partial charge < -0.3 is 28.4 Å². The van der Waals surface area contributed by atoms with E-state index in [1.807, 2.05) is 54.6 Å². The predicted octanol–water partition coefficient (Wildman–Crippen LogP) is 30.8. The molecule has 20 aromatic rings. The molecule has 2 heterocycles. The first-order valence-corrected chi connectivity index (χ1v) is 39.8. The zero-order chi connectivity index (χ0) is 80.2. The Morgan fingerprint density at radius 2 is 0.370 bits per heavy atom. The Morgan fingerprint density at radius 3 is 0.588 bits per heavy atom. The van der Waals surface area contributed by atoms with Crippen LogP contribution in [0.25, 0.3) is 144 Å². The van der Waals surface area contributed by atoms with Crippen LogP contribution < -0.4 is 19.3 Å². The molecule has 0 amide bonds. The van der Waals surface area contributed by atoms with Crippen LogP contribution in [0.4, 0.5) is 47.3 Å². The van der Waals surface area contributed by atoms with Crippen LogP contribution in [0.3, 0.4) is 0 Å². The standard InChI is InChI=1S/C55H37F3N2O.C55H40N2O/c56-55(57,58)61-50-36-26-45(27-37-50)44-22-32-48(33-23-44)59(46-28-18-41(19-29-46)40-16-14-39(15-17-40)38-8-2-1-3-9-38)47-30-20-42(21-31-47)43-24-34-49(35-25-43)60-53-12-6-4-10-51(53)52-11-5-7-13-54(52)60;1-58-51-37-27-46(28-38-51)45-23-33-49(34-24-45)56(47-29-19-42(20-30-47)41-17-15-40(16-18-41)39-9-3-2-4-10-39)48-31-21-43(22-32-48)44-25-35-50(36-26-44)57-54-13-7-5-11-52(54)53-12-6-8-14-55(53)57/h1-37H;2-38H,1H3. The smallest absolute Gasteiger partial charge is 0.497 e. The second kappa shape index (κ2) is 32.4. The van der Waals surface area contributed by atoms with E-state index in [9.17, 15) is 13.2 Å². The van der Waals surface area contributed by atoms with E-state index in [4.69, 9.17) is 4.74 Å². The summed E-state index contributed by atoms with van der Waals surface area (Å²) in [4.78, 5) is 4.54. The van der Waals surface area contributed by atoms with Crippen molar-refractivity contribution in [3.05, 3.63) is 449 Å². The molecule has 2 aromatic heterocycles. The van der Waals surface area contributed by atoms with Crippen molar-refractivity contribution in [2.75, 3.05) is 16.9 Å². The Kier molecular flexibility index (Phi) is 20.1. The van der Waals surface area contributed by atoms with E-state index in [-0.39, 0.29) is 5.75 Å². The summed E-state index contributed by atoms with van der Waals surface area (Å²) < 4.78 is 52.5. The fourth-order valence-electron chi connectivity index (χ4n) is 16.3. The number of rotatable bonds is 18. The Labute approximate surface area is 689 Å². The van der Waals surface area contributed by atoms with Gasteiger partial charge in [-0.1, -0.05) is 303 Å². The van der Waals surface area contributed by atoms with Crippen molar-refractivity contribution in [2.45, 2.75) is 6.36 Å². The number of hydrogen-bond acceptors (Lipinski definition) is 4. The predicted molar refractivity (Wildman–Crippen MR) is 488 cm³/mol. The lowest BCUT2D eigenvalue weighted by molar-refractivity contribution is -0.274. The molecule has 570 valence electrons. The van der Waals surface area contributed by atoms with Gasteiger partial charge in [0.25, 0.3) is 0 Å². The molecule has 119 heavy (non-hydrogen) atoms. The minimum Gasteiger partial charge on any atom is -0.497 e. The van der Waals surface area contributed by atoms with Crippen LogP contribution in [-0.2, 0) is 0 Å². The van der Waals surface area contributed by atoms with Gasteiger partial charge in [0, 0.05) is 67.0 Å². The van der Waals surface area contributed by atoms with Crippen LogP contribution in [0, 0.1) is 0 Å². The van der Waals surface area contributed by atoms with E-state index < -0.39 is 6.36 Å². The van der Waals surface area contributed by atoms with Crippen molar-refractivity contribution in [1.29, 1.82) is 0 Å². The molecule has 0 aliphatic rings. The molecule has 0 saturated carbocycles. The number of para-hydroxylation sites is 4. The SMILES string of the molecule is COc1ccc(-c2ccc(N(c3ccc(-c4ccc(-c5ccccc5)cc4)cc3)c3ccc(-c4ccc(-n5c6ccccc6c6ccccc65)cc4)cc3)cc2)cc1.FC(F)(F)Oc1ccc(-c2ccc(N(c3ccc(-c4ccc(-c5ccccc5)cc4)cc3)c3ccc(-c4ccc(-n5c6ccccc6c6ccccc65)cc4)cc3)cc2)cc1. The highest BCUT2D eigenvalue weighted by atomic mass is 19.4. The molecule has 0 aliphatic carbocycles. The first-order chi connectivity index (χ1) is 58.5. The Hall–Kier alpha value is -15.5. The van der Waals surface area contributed by atoms with E-state index in [0.29, 0.717) is 0 Å². The Bertz CT molecular complexity index is 6790. The minimum atomic E-state index is -4.74. The van der Waals surface area contributed by atoms with Crippen molar-refractivity contribution >= 4 is 77.7 Å². The molecule has 0 radical (unpaired) electrons.